The van der Waals surface area contributed by atoms with E-state index < -0.39 is 43.4 Å². The van der Waals surface area contributed by atoms with Crippen molar-refractivity contribution in [3.8, 4) is 0 Å². The van der Waals surface area contributed by atoms with Crippen LogP contribution in [-0.4, -0.2) is 45.8 Å². The van der Waals surface area contributed by atoms with Crippen molar-refractivity contribution < 1.29 is 82.5 Å². The molecule has 0 radical (unpaired) electrons. The third-order valence-corrected chi connectivity index (χ3v) is 9.71. The molecule has 14 heteroatoms. The Morgan fingerprint density at radius 2 is 1.85 bits per heavy atom. The van der Waals surface area contributed by atoms with Crippen molar-refractivity contribution in [1.82, 2.24) is 4.90 Å². The van der Waals surface area contributed by atoms with Gasteiger partial charge in [0.2, 0.25) is 10.0 Å². The molecule has 2 heterocycles. The van der Waals surface area contributed by atoms with Gasteiger partial charge in [0, 0.05) is 18.3 Å². The number of halogens is 1. The summed E-state index contributed by atoms with van der Waals surface area (Å²) in [6.45, 7) is 0.150. The van der Waals surface area contributed by atoms with Crippen LogP contribution < -0.4 is 66.5 Å². The van der Waals surface area contributed by atoms with Crippen LogP contribution in [0.25, 0.3) is 0 Å². The summed E-state index contributed by atoms with van der Waals surface area (Å²) in [6, 6.07) is 9.32. The second-order valence-electron chi connectivity index (χ2n) is 10.3. The normalized spacial score (nSPS) is 26.8. The average molecular weight is 599 g/mol. The molecule has 4 atom stereocenters. The monoisotopic (exact) mass is 598 g/mol. The third-order valence-electron chi connectivity index (χ3n) is 7.79. The molecule has 10 nitrogen and oxygen atoms in total. The fraction of sp³-hybridized carbons (Fsp3) is 0.360. The fourth-order valence-corrected chi connectivity index (χ4v) is 8.06. The molecule has 0 aromatic heterocycles. The van der Waals surface area contributed by atoms with Gasteiger partial charge >= 0.3 is 51.4 Å². The van der Waals surface area contributed by atoms with Gasteiger partial charge in [-0.1, -0.05) is 12.1 Å². The van der Waals surface area contributed by atoms with Gasteiger partial charge in [0.1, 0.15) is 10.7 Å². The number of amides is 1. The first-order valence-corrected chi connectivity index (χ1v) is 15.5. The van der Waals surface area contributed by atoms with E-state index in [-0.39, 0.29) is 103 Å². The topological polar surface area (TPSA) is 148 Å². The number of sulfonamides is 2. The molecule has 6 rings (SSSR count). The first-order chi connectivity index (χ1) is 17.9. The first kappa shape index (κ1) is 28.7. The molecule has 4 aliphatic rings. The van der Waals surface area contributed by atoms with Gasteiger partial charge in [-0.05, 0) is 72.9 Å². The molecule has 2 saturated carbocycles. The summed E-state index contributed by atoms with van der Waals surface area (Å²) in [6.07, 6.45) is 3.53. The molecule has 39 heavy (non-hydrogen) atoms. The molecule has 2 aromatic rings. The maximum Gasteiger partial charge on any atom is 1.00 e. The average Bonchev–Trinajstić information content (AvgIpc) is 3.45. The Balaban J connectivity index is 0.00000308. The van der Waals surface area contributed by atoms with Crippen LogP contribution in [-0.2, 0) is 31.4 Å². The maximum absolute atomic E-state index is 13.9. The van der Waals surface area contributed by atoms with Crippen LogP contribution in [0.3, 0.4) is 0 Å². The molecule has 0 saturated heterocycles. The van der Waals surface area contributed by atoms with Gasteiger partial charge in [-0.15, -0.1) is 10.2 Å². The first-order valence-electron chi connectivity index (χ1n) is 12.1. The van der Waals surface area contributed by atoms with Gasteiger partial charge in [-0.3, -0.25) is 9.52 Å². The van der Waals surface area contributed by atoms with Crippen molar-refractivity contribution in [3.05, 3.63) is 65.2 Å². The Hall–Kier alpha value is -1.81. The molecule has 2 aliphatic heterocycles. The number of hydrogen-bond donors (Lipinski definition) is 2. The second kappa shape index (κ2) is 10.2. The standard InChI is InChI=1S/C25H25FN4O6S2.K/c1-37(33,34)28-17-8-9-18-19(11-17)38(35,36)29-24(27-18)21-23(31)20-14-4-5-15(10-14)22(20)30(25(21)32)12-13-2-6-16(26)7-3-13;/h2-3,6-9,11,14-15,20,22,28,31H,4-5,10,12H2,1H3,(H,27,29);/q;+1/p-1/t14-,15+,20?,22?;/m1./s1. The molecule has 2 fully saturated rings. The van der Waals surface area contributed by atoms with Gasteiger partial charge in [0.05, 0.1) is 17.5 Å². The molecule has 2 N–H and O–H groups in total. The Kier molecular flexibility index (Phi) is 7.53. The van der Waals surface area contributed by atoms with Crippen molar-refractivity contribution in [2.45, 2.75) is 36.7 Å². The number of carbonyl (C=O) groups is 1. The van der Waals surface area contributed by atoms with Crippen molar-refractivity contribution in [3.63, 3.8) is 0 Å². The largest absolute Gasteiger partial charge is 1.00 e. The minimum atomic E-state index is -4.37. The number of anilines is 2. The van der Waals surface area contributed by atoms with Gasteiger partial charge in [-0.2, -0.15) is 8.42 Å². The van der Waals surface area contributed by atoms with E-state index in [4.69, 9.17) is 0 Å². The summed E-state index contributed by atoms with van der Waals surface area (Å²) < 4.78 is 68.9. The Bertz CT molecular complexity index is 1640. The minimum Gasteiger partial charge on any atom is -0.875 e. The zero-order valence-corrected chi connectivity index (χ0v) is 26.0. The van der Waals surface area contributed by atoms with Crippen LogP contribution in [0, 0.1) is 23.6 Å². The molecular weight excluding hydrogens is 575 g/mol. The van der Waals surface area contributed by atoms with E-state index in [1.54, 1.807) is 17.0 Å². The van der Waals surface area contributed by atoms with Crippen molar-refractivity contribution >= 4 is 43.2 Å². The Morgan fingerprint density at radius 1 is 1.15 bits per heavy atom. The van der Waals surface area contributed by atoms with Crippen LogP contribution in [0.2, 0.25) is 0 Å². The maximum atomic E-state index is 13.9. The minimum absolute atomic E-state index is 0. The van der Waals surface area contributed by atoms with Crippen LogP contribution in [0.4, 0.5) is 15.8 Å². The van der Waals surface area contributed by atoms with Crippen molar-refractivity contribution in [2.24, 2.45) is 22.2 Å². The quantitative estimate of drug-likeness (QED) is 0.410. The summed E-state index contributed by atoms with van der Waals surface area (Å²) >= 11 is 0. The van der Waals surface area contributed by atoms with Crippen molar-refractivity contribution in [2.75, 3.05) is 16.3 Å². The van der Waals surface area contributed by atoms with E-state index in [1.807, 2.05) is 0 Å². The van der Waals surface area contributed by atoms with E-state index in [0.29, 0.717) is 5.56 Å². The number of hydrogen-bond acceptors (Lipinski definition) is 7. The van der Waals surface area contributed by atoms with Crippen LogP contribution in [0.15, 0.2) is 63.1 Å². The summed E-state index contributed by atoms with van der Waals surface area (Å²) in [5.74, 6) is -1.98. The number of nitrogens with zero attached hydrogens (tertiary/aromatic N) is 2. The number of nitrogens with one attached hydrogen (secondary N) is 2. The van der Waals surface area contributed by atoms with E-state index in [1.165, 1.54) is 24.3 Å². The molecule has 2 unspecified atom stereocenters. The van der Waals surface area contributed by atoms with E-state index >= 15 is 0 Å². The van der Waals surface area contributed by atoms with Gasteiger partial charge in [0.15, 0.2) is 5.84 Å². The van der Waals surface area contributed by atoms with Crippen LogP contribution >= 0.6 is 0 Å². The number of rotatable bonds is 5. The van der Waals surface area contributed by atoms with E-state index in [2.05, 4.69) is 14.4 Å². The Morgan fingerprint density at radius 3 is 2.54 bits per heavy atom. The van der Waals surface area contributed by atoms with Crippen LogP contribution in [0.1, 0.15) is 24.8 Å². The third kappa shape index (κ3) is 5.20. The van der Waals surface area contributed by atoms with Crippen molar-refractivity contribution in [1.29, 1.82) is 0 Å². The molecule has 2 bridgehead atoms. The van der Waals surface area contributed by atoms with E-state index in [9.17, 15) is 31.1 Å². The zero-order valence-electron chi connectivity index (χ0n) is 21.2. The zero-order chi connectivity index (χ0) is 27.0. The molecule has 0 spiro atoms. The SMILES string of the molecule is CS(=O)(=O)Nc1ccc2c(c1)S(=O)(=O)N=C(C1=C([O-])C3C([C@H]4CC[C@@H]3C4)N(Cc3ccc(F)cc3)C1=O)N2.[K+]. The molecule has 2 aromatic carbocycles. The molecular formula is C25H24FKN4O6S2. The molecule has 2 aliphatic carbocycles. The summed E-state index contributed by atoms with van der Waals surface area (Å²) in [5, 5.41) is 16.6. The number of fused-ring (bicyclic) bond motifs is 6. The number of benzene rings is 2. The molecule has 1 amide bonds. The van der Waals surface area contributed by atoms with E-state index in [0.717, 1.165) is 31.6 Å². The summed E-state index contributed by atoms with van der Waals surface area (Å²) in [5.41, 5.74) is 0.483. The predicted molar refractivity (Wildman–Crippen MR) is 135 cm³/mol. The smallest absolute Gasteiger partial charge is 0.875 e. The summed E-state index contributed by atoms with van der Waals surface area (Å²) in [7, 11) is -8.03. The fourth-order valence-electron chi connectivity index (χ4n) is 6.36. The number of carbonyl (C=O) groups excluding carboxylic acids is 1. The Labute approximate surface area is 268 Å². The van der Waals surface area contributed by atoms with Gasteiger partial charge < -0.3 is 15.3 Å². The van der Waals surface area contributed by atoms with Gasteiger partial charge in [0.25, 0.3) is 15.9 Å². The molecule has 200 valence electrons. The number of amidine groups is 1. The van der Waals surface area contributed by atoms with Gasteiger partial charge in [-0.25, -0.2) is 12.8 Å². The summed E-state index contributed by atoms with van der Waals surface area (Å²) in [4.78, 5) is 15.2. The van der Waals surface area contributed by atoms with Crippen LogP contribution in [0.5, 0.6) is 0 Å². The second-order valence-corrected chi connectivity index (χ2v) is 13.6. The predicted octanol–water partition coefficient (Wildman–Crippen LogP) is -1.21.